The van der Waals surface area contributed by atoms with Crippen molar-refractivity contribution in [3.63, 3.8) is 0 Å². The molecule has 100 valence electrons. The van der Waals surface area contributed by atoms with Crippen molar-refractivity contribution in [2.45, 2.75) is 45.4 Å². The van der Waals surface area contributed by atoms with Crippen LogP contribution in [0.4, 0.5) is 13.2 Å². The van der Waals surface area contributed by atoms with Crippen LogP contribution in [0.25, 0.3) is 0 Å². The Morgan fingerprint density at radius 3 is 2.59 bits per heavy atom. The van der Waals surface area contributed by atoms with Crippen LogP contribution >= 0.6 is 0 Å². The number of esters is 1. The molecule has 17 heavy (non-hydrogen) atoms. The van der Waals surface area contributed by atoms with Gasteiger partial charge in [-0.2, -0.15) is 13.2 Å². The highest BCUT2D eigenvalue weighted by molar-refractivity contribution is 5.79. The molecule has 0 aliphatic carbocycles. The van der Waals surface area contributed by atoms with Gasteiger partial charge in [-0.05, 0) is 26.3 Å². The maximum Gasteiger partial charge on any atom is 0.406 e. The first-order valence-electron chi connectivity index (χ1n) is 5.82. The normalized spacial score (nSPS) is 26.9. The summed E-state index contributed by atoms with van der Waals surface area (Å²) in [5, 5.41) is 2.59. The first kappa shape index (κ1) is 14.3. The van der Waals surface area contributed by atoms with Gasteiger partial charge in [-0.25, -0.2) is 0 Å². The van der Waals surface area contributed by atoms with E-state index in [0.717, 1.165) is 6.42 Å². The van der Waals surface area contributed by atoms with Crippen molar-refractivity contribution < 1.29 is 22.7 Å². The number of alkyl halides is 3. The molecule has 0 aromatic heterocycles. The van der Waals surface area contributed by atoms with E-state index in [1.54, 1.807) is 6.92 Å². The lowest BCUT2D eigenvalue weighted by atomic mass is 9.86. The molecular formula is C11H18F3NO2. The SMILES string of the molecule is CCCC(C)OC(=O)C1(C(F)(F)F)CCNC1. The van der Waals surface area contributed by atoms with Crippen molar-refractivity contribution in [3.05, 3.63) is 0 Å². The van der Waals surface area contributed by atoms with E-state index in [4.69, 9.17) is 4.74 Å². The van der Waals surface area contributed by atoms with Crippen LogP contribution in [0.2, 0.25) is 0 Å². The number of rotatable bonds is 4. The van der Waals surface area contributed by atoms with Gasteiger partial charge in [-0.3, -0.25) is 4.79 Å². The van der Waals surface area contributed by atoms with Crippen molar-refractivity contribution in [2.75, 3.05) is 13.1 Å². The fraction of sp³-hybridized carbons (Fsp3) is 0.909. The molecule has 0 amide bonds. The molecule has 1 aliphatic rings. The summed E-state index contributed by atoms with van der Waals surface area (Å²) in [5.41, 5.74) is -2.35. The Labute approximate surface area is 98.7 Å². The highest BCUT2D eigenvalue weighted by atomic mass is 19.4. The molecule has 1 heterocycles. The largest absolute Gasteiger partial charge is 0.462 e. The molecule has 1 fully saturated rings. The van der Waals surface area contributed by atoms with Crippen LogP contribution in [0.5, 0.6) is 0 Å². The average Bonchev–Trinajstić information content (AvgIpc) is 2.66. The molecular weight excluding hydrogens is 235 g/mol. The smallest absolute Gasteiger partial charge is 0.406 e. The summed E-state index contributed by atoms with van der Waals surface area (Å²) in [5.74, 6) is -1.14. The molecule has 0 aromatic rings. The van der Waals surface area contributed by atoms with Crippen LogP contribution in [0.1, 0.15) is 33.1 Å². The second-order valence-electron chi connectivity index (χ2n) is 4.51. The third kappa shape index (κ3) is 2.91. The Kier molecular flexibility index (Phi) is 4.41. The van der Waals surface area contributed by atoms with Crippen molar-refractivity contribution in [1.29, 1.82) is 0 Å². The molecule has 0 radical (unpaired) electrons. The average molecular weight is 253 g/mol. The minimum atomic E-state index is -4.56. The standard InChI is InChI=1S/C11H18F3NO2/c1-3-4-8(2)17-9(16)10(11(12,13)14)5-6-15-7-10/h8,15H,3-7H2,1-2H3. The minimum absolute atomic E-state index is 0.191. The zero-order valence-corrected chi connectivity index (χ0v) is 10.1. The molecule has 0 bridgehead atoms. The van der Waals surface area contributed by atoms with E-state index in [2.05, 4.69) is 5.32 Å². The first-order valence-corrected chi connectivity index (χ1v) is 5.82. The zero-order chi connectivity index (χ0) is 13.1. The van der Waals surface area contributed by atoms with Crippen LogP contribution in [0.3, 0.4) is 0 Å². The quantitative estimate of drug-likeness (QED) is 0.781. The molecule has 1 aliphatic heterocycles. The second kappa shape index (κ2) is 5.25. The van der Waals surface area contributed by atoms with Gasteiger partial charge in [0.05, 0.1) is 6.10 Å². The van der Waals surface area contributed by atoms with Crippen LogP contribution in [0, 0.1) is 5.41 Å². The van der Waals surface area contributed by atoms with Gasteiger partial charge in [0, 0.05) is 6.54 Å². The minimum Gasteiger partial charge on any atom is -0.462 e. The lowest BCUT2D eigenvalue weighted by Crippen LogP contribution is -2.48. The molecule has 0 aromatic carbocycles. The molecule has 1 saturated heterocycles. The van der Waals surface area contributed by atoms with E-state index in [-0.39, 0.29) is 19.5 Å². The summed E-state index contributed by atoms with van der Waals surface area (Å²) in [7, 11) is 0. The number of ether oxygens (including phenoxy) is 1. The number of hydrogen-bond acceptors (Lipinski definition) is 3. The summed E-state index contributed by atoms with van der Waals surface area (Å²) in [6.07, 6.45) is -3.92. The van der Waals surface area contributed by atoms with Crippen LogP contribution in [0.15, 0.2) is 0 Å². The fourth-order valence-corrected chi connectivity index (χ4v) is 1.98. The number of halogens is 3. The van der Waals surface area contributed by atoms with E-state index in [1.807, 2.05) is 6.92 Å². The first-order chi connectivity index (χ1) is 7.83. The fourth-order valence-electron chi connectivity index (χ4n) is 1.98. The zero-order valence-electron chi connectivity index (χ0n) is 10.1. The Morgan fingerprint density at radius 2 is 2.18 bits per heavy atom. The number of carbonyl (C=O) groups is 1. The van der Waals surface area contributed by atoms with Crippen molar-refractivity contribution in [3.8, 4) is 0 Å². The van der Waals surface area contributed by atoms with Gasteiger partial charge in [0.25, 0.3) is 0 Å². The summed E-state index contributed by atoms with van der Waals surface area (Å²) < 4.78 is 43.8. The van der Waals surface area contributed by atoms with Gasteiger partial charge in [-0.15, -0.1) is 0 Å². The Balaban J connectivity index is 2.75. The predicted molar refractivity (Wildman–Crippen MR) is 56.4 cm³/mol. The van der Waals surface area contributed by atoms with Crippen molar-refractivity contribution >= 4 is 5.97 Å². The second-order valence-corrected chi connectivity index (χ2v) is 4.51. The molecule has 2 atom stereocenters. The van der Waals surface area contributed by atoms with Crippen LogP contribution in [-0.4, -0.2) is 31.3 Å². The molecule has 2 unspecified atom stereocenters. The van der Waals surface area contributed by atoms with Gasteiger partial charge in [-0.1, -0.05) is 13.3 Å². The number of carbonyl (C=O) groups excluding carboxylic acids is 1. The monoisotopic (exact) mass is 253 g/mol. The van der Waals surface area contributed by atoms with Crippen molar-refractivity contribution in [2.24, 2.45) is 5.41 Å². The van der Waals surface area contributed by atoms with Crippen LogP contribution < -0.4 is 5.32 Å². The molecule has 1 rings (SSSR count). The van der Waals surface area contributed by atoms with Gasteiger partial charge < -0.3 is 10.1 Å². The third-order valence-corrected chi connectivity index (χ3v) is 3.09. The predicted octanol–water partition coefficient (Wildman–Crippen LogP) is 2.26. The van der Waals surface area contributed by atoms with Crippen molar-refractivity contribution in [1.82, 2.24) is 5.32 Å². The van der Waals surface area contributed by atoms with Gasteiger partial charge in [0.15, 0.2) is 5.41 Å². The van der Waals surface area contributed by atoms with Gasteiger partial charge in [0.2, 0.25) is 0 Å². The lowest BCUT2D eigenvalue weighted by Gasteiger charge is -2.29. The Morgan fingerprint density at radius 1 is 1.53 bits per heavy atom. The van der Waals surface area contributed by atoms with E-state index in [0.29, 0.717) is 6.42 Å². The molecule has 0 saturated carbocycles. The highest BCUT2D eigenvalue weighted by Crippen LogP contribution is 2.44. The lowest BCUT2D eigenvalue weighted by molar-refractivity contribution is -0.231. The summed E-state index contributed by atoms with van der Waals surface area (Å²) in [6.45, 7) is 3.32. The maximum absolute atomic E-state index is 13.0. The molecule has 1 N–H and O–H groups in total. The highest BCUT2D eigenvalue weighted by Gasteiger charge is 2.62. The van der Waals surface area contributed by atoms with E-state index in [1.165, 1.54) is 0 Å². The summed E-state index contributed by atoms with van der Waals surface area (Å²) >= 11 is 0. The maximum atomic E-state index is 13.0. The Hall–Kier alpha value is -0.780. The topological polar surface area (TPSA) is 38.3 Å². The number of nitrogens with one attached hydrogen (secondary N) is 1. The Bertz CT molecular complexity index is 272. The van der Waals surface area contributed by atoms with E-state index < -0.39 is 23.7 Å². The van der Waals surface area contributed by atoms with Gasteiger partial charge in [0.1, 0.15) is 0 Å². The molecule has 6 heteroatoms. The third-order valence-electron chi connectivity index (χ3n) is 3.09. The summed E-state index contributed by atoms with van der Waals surface area (Å²) in [6, 6.07) is 0. The van der Waals surface area contributed by atoms with E-state index >= 15 is 0 Å². The molecule has 3 nitrogen and oxygen atoms in total. The van der Waals surface area contributed by atoms with Crippen LogP contribution in [-0.2, 0) is 9.53 Å². The number of hydrogen-bond donors (Lipinski definition) is 1. The van der Waals surface area contributed by atoms with E-state index in [9.17, 15) is 18.0 Å². The molecule has 0 spiro atoms. The summed E-state index contributed by atoms with van der Waals surface area (Å²) in [4.78, 5) is 11.7. The van der Waals surface area contributed by atoms with Gasteiger partial charge >= 0.3 is 12.1 Å².